The molecule has 11 heteroatoms. The lowest BCUT2D eigenvalue weighted by Crippen LogP contribution is -2.50. The van der Waals surface area contributed by atoms with Gasteiger partial charge in [0, 0.05) is 23.1 Å². The van der Waals surface area contributed by atoms with Gasteiger partial charge in [-0.3, -0.25) is 19.0 Å². The van der Waals surface area contributed by atoms with Crippen LogP contribution in [0, 0.1) is 17.2 Å². The van der Waals surface area contributed by atoms with Gasteiger partial charge in [-0.1, -0.05) is 23.2 Å². The molecule has 2 aliphatic rings. The average Bonchev–Trinajstić information content (AvgIpc) is 3.31. The van der Waals surface area contributed by atoms with E-state index in [9.17, 15) is 14.4 Å². The van der Waals surface area contributed by atoms with E-state index in [-0.39, 0.29) is 29.4 Å². The van der Waals surface area contributed by atoms with Crippen LogP contribution < -0.4 is 10.2 Å². The van der Waals surface area contributed by atoms with E-state index >= 15 is 0 Å². The molecule has 172 valence electrons. The fraction of sp³-hybridized carbons (Fsp3) is 0.409. The van der Waals surface area contributed by atoms with Gasteiger partial charge < -0.3 is 10.2 Å². The molecule has 9 nitrogen and oxygen atoms in total. The largest absolute Gasteiger partial charge is 0.340 e. The second kappa shape index (κ2) is 9.04. The maximum Gasteiger partial charge on any atom is 0.270 e. The number of hydrogen-bond acceptors (Lipinski definition) is 5. The van der Waals surface area contributed by atoms with Gasteiger partial charge in [0.15, 0.2) is 0 Å². The summed E-state index contributed by atoms with van der Waals surface area (Å²) in [6.07, 6.45) is 2.89. The summed E-state index contributed by atoms with van der Waals surface area (Å²) in [5, 5.41) is 12.6. The van der Waals surface area contributed by atoms with Crippen molar-refractivity contribution in [2.45, 2.75) is 38.8 Å². The highest BCUT2D eigenvalue weighted by atomic mass is 35.5. The van der Waals surface area contributed by atoms with Crippen LogP contribution in [0.25, 0.3) is 0 Å². The van der Waals surface area contributed by atoms with Gasteiger partial charge in [0.1, 0.15) is 17.8 Å². The summed E-state index contributed by atoms with van der Waals surface area (Å²) < 4.78 is 1.52. The first kappa shape index (κ1) is 23.1. The van der Waals surface area contributed by atoms with Gasteiger partial charge in [0.25, 0.3) is 11.8 Å². The van der Waals surface area contributed by atoms with Gasteiger partial charge in [0.2, 0.25) is 11.9 Å². The minimum absolute atomic E-state index is 0.162. The van der Waals surface area contributed by atoms with Gasteiger partial charge in [0.05, 0.1) is 23.9 Å². The number of halogens is 2. The van der Waals surface area contributed by atoms with Crippen molar-refractivity contribution in [2.75, 3.05) is 18.0 Å². The van der Waals surface area contributed by atoms with Crippen LogP contribution in [-0.4, -0.2) is 51.3 Å². The van der Waals surface area contributed by atoms with Gasteiger partial charge >= 0.3 is 0 Å². The van der Waals surface area contributed by atoms with E-state index in [1.807, 2.05) is 0 Å². The SMILES string of the molecule is CC1C(=O)N(c2cc(Cl)cc(Cl)c2)c2ncc(C(=O)N[C@H](C)C(=O)N3CCC[C@@H](C#N)C3)n21. The van der Waals surface area contributed by atoms with Crippen LogP contribution in [-0.2, 0) is 9.59 Å². The smallest absolute Gasteiger partial charge is 0.270 e. The molecule has 3 amide bonds. The Labute approximate surface area is 200 Å². The Morgan fingerprint density at radius 1 is 1.27 bits per heavy atom. The number of aromatic nitrogens is 2. The summed E-state index contributed by atoms with van der Waals surface area (Å²) in [5.74, 6) is -0.979. The zero-order chi connectivity index (χ0) is 23.9. The number of carbonyl (C=O) groups excluding carboxylic acids is 3. The summed E-state index contributed by atoms with van der Waals surface area (Å²) in [5.41, 5.74) is 0.607. The molecule has 1 aromatic carbocycles. The second-order valence-electron chi connectivity index (χ2n) is 8.24. The second-order valence-corrected chi connectivity index (χ2v) is 9.11. The van der Waals surface area contributed by atoms with Crippen LogP contribution >= 0.6 is 23.2 Å². The maximum atomic E-state index is 13.0. The van der Waals surface area contributed by atoms with E-state index in [0.29, 0.717) is 28.8 Å². The lowest BCUT2D eigenvalue weighted by Gasteiger charge is -2.31. The minimum atomic E-state index is -0.795. The first-order valence-corrected chi connectivity index (χ1v) is 11.3. The molecular formula is C22H22Cl2N6O3. The Kier molecular flexibility index (Phi) is 6.32. The highest BCUT2D eigenvalue weighted by Gasteiger charge is 2.40. The number of fused-ring (bicyclic) bond motifs is 1. The Morgan fingerprint density at radius 3 is 2.64 bits per heavy atom. The lowest BCUT2D eigenvalue weighted by molar-refractivity contribution is -0.134. The number of rotatable bonds is 4. The molecule has 1 N–H and O–H groups in total. The van der Waals surface area contributed by atoms with Crippen LogP contribution in [0.1, 0.15) is 43.2 Å². The van der Waals surface area contributed by atoms with Crippen molar-refractivity contribution < 1.29 is 14.4 Å². The third-order valence-electron chi connectivity index (χ3n) is 5.91. The summed E-state index contributed by atoms with van der Waals surface area (Å²) in [7, 11) is 0. The van der Waals surface area contributed by atoms with E-state index < -0.39 is 18.0 Å². The lowest BCUT2D eigenvalue weighted by atomic mass is 9.99. The van der Waals surface area contributed by atoms with Crippen molar-refractivity contribution in [3.63, 3.8) is 0 Å². The van der Waals surface area contributed by atoms with Crippen LogP contribution in [0.5, 0.6) is 0 Å². The minimum Gasteiger partial charge on any atom is -0.340 e. The summed E-state index contributed by atoms with van der Waals surface area (Å²) in [6.45, 7) is 4.19. The number of piperidine rings is 1. The van der Waals surface area contributed by atoms with E-state index in [1.54, 1.807) is 36.9 Å². The third kappa shape index (κ3) is 4.28. The van der Waals surface area contributed by atoms with Crippen molar-refractivity contribution in [3.05, 3.63) is 40.1 Å². The molecule has 0 spiro atoms. The molecule has 1 aromatic heterocycles. The van der Waals surface area contributed by atoms with Crippen LogP contribution in [0.4, 0.5) is 11.6 Å². The molecule has 3 atom stereocenters. The number of carbonyl (C=O) groups is 3. The highest BCUT2D eigenvalue weighted by molar-refractivity contribution is 6.35. The number of nitrogens with zero attached hydrogens (tertiary/aromatic N) is 5. The third-order valence-corrected chi connectivity index (χ3v) is 6.35. The number of benzene rings is 1. The van der Waals surface area contributed by atoms with Crippen LogP contribution in [0.2, 0.25) is 10.0 Å². The van der Waals surface area contributed by atoms with Crippen LogP contribution in [0.3, 0.4) is 0 Å². The molecule has 0 saturated carbocycles. The molecule has 0 radical (unpaired) electrons. The monoisotopic (exact) mass is 488 g/mol. The summed E-state index contributed by atoms with van der Waals surface area (Å²) in [4.78, 5) is 46.1. The van der Waals surface area contributed by atoms with E-state index in [2.05, 4.69) is 16.4 Å². The first-order valence-electron chi connectivity index (χ1n) is 10.6. The standard InChI is InChI=1S/C22H22Cl2N6O3/c1-12(20(32)28-5-3-4-14(9-25)11-28)27-19(31)18-10-26-22-29(18)13(2)21(33)30(22)17-7-15(23)6-16(24)8-17/h6-8,10,12-14H,3-5,11H2,1-2H3,(H,27,31)/t12-,13?,14+/m1/s1. The fourth-order valence-corrected chi connectivity index (χ4v) is 4.78. The number of nitriles is 1. The number of likely N-dealkylation sites (tertiary alicyclic amines) is 1. The number of nitrogens with one attached hydrogen (secondary N) is 1. The van der Waals surface area contributed by atoms with E-state index in [1.165, 1.54) is 15.7 Å². The van der Waals surface area contributed by atoms with E-state index in [0.717, 1.165) is 12.8 Å². The molecule has 1 fully saturated rings. The van der Waals surface area contributed by atoms with E-state index in [4.69, 9.17) is 28.5 Å². The van der Waals surface area contributed by atoms with Gasteiger partial charge in [-0.05, 0) is 44.9 Å². The summed E-state index contributed by atoms with van der Waals surface area (Å²) >= 11 is 12.2. The maximum absolute atomic E-state index is 13.0. The number of anilines is 2. The zero-order valence-corrected chi connectivity index (χ0v) is 19.6. The Balaban J connectivity index is 1.54. The molecule has 2 aliphatic heterocycles. The number of imidazole rings is 1. The Bertz CT molecular complexity index is 1150. The normalized spacial score (nSPS) is 20.9. The molecule has 33 heavy (non-hydrogen) atoms. The van der Waals surface area contributed by atoms with Crippen molar-refractivity contribution in [1.82, 2.24) is 19.8 Å². The quantitative estimate of drug-likeness (QED) is 0.709. The summed E-state index contributed by atoms with van der Waals surface area (Å²) in [6, 6.07) is 5.47. The number of amides is 3. The van der Waals surface area contributed by atoms with Crippen LogP contribution in [0.15, 0.2) is 24.4 Å². The number of hydrogen-bond donors (Lipinski definition) is 1. The van der Waals surface area contributed by atoms with Crippen molar-refractivity contribution in [1.29, 1.82) is 5.26 Å². The molecule has 1 saturated heterocycles. The molecule has 0 aliphatic carbocycles. The average molecular weight is 489 g/mol. The van der Waals surface area contributed by atoms with Crippen molar-refractivity contribution in [3.8, 4) is 6.07 Å². The van der Waals surface area contributed by atoms with Gasteiger partial charge in [-0.15, -0.1) is 0 Å². The van der Waals surface area contributed by atoms with Crippen molar-refractivity contribution >= 4 is 52.6 Å². The molecule has 3 heterocycles. The van der Waals surface area contributed by atoms with Gasteiger partial charge in [-0.2, -0.15) is 5.26 Å². The Morgan fingerprint density at radius 2 is 1.97 bits per heavy atom. The molecule has 0 bridgehead atoms. The fourth-order valence-electron chi connectivity index (χ4n) is 4.26. The van der Waals surface area contributed by atoms with Gasteiger partial charge in [-0.25, -0.2) is 9.88 Å². The molecule has 4 rings (SSSR count). The molecule has 2 aromatic rings. The Hall–Kier alpha value is -3.09. The molecule has 1 unspecified atom stereocenters. The first-order chi connectivity index (χ1) is 15.7. The predicted molar refractivity (Wildman–Crippen MR) is 122 cm³/mol. The molecular weight excluding hydrogens is 467 g/mol. The predicted octanol–water partition coefficient (Wildman–Crippen LogP) is 3.31. The zero-order valence-electron chi connectivity index (χ0n) is 18.1. The van der Waals surface area contributed by atoms with Crippen molar-refractivity contribution in [2.24, 2.45) is 5.92 Å². The highest BCUT2D eigenvalue weighted by Crippen LogP contribution is 2.38. The topological polar surface area (TPSA) is 111 Å².